The Morgan fingerprint density at radius 1 is 1.24 bits per heavy atom. The average Bonchev–Trinajstić information content (AvgIpc) is 2.88. The number of nitrogens with zero attached hydrogens (tertiary/aromatic N) is 1. The van der Waals surface area contributed by atoms with Gasteiger partial charge in [0.1, 0.15) is 0 Å². The minimum atomic E-state index is -1.05. The van der Waals surface area contributed by atoms with E-state index in [1.54, 1.807) is 18.2 Å². The minimum absolute atomic E-state index is 0.107. The van der Waals surface area contributed by atoms with Crippen LogP contribution in [0.25, 0.3) is 21.5 Å². The molecular formula is C15H9Cl2NO2S. The third-order valence-corrected chi connectivity index (χ3v) is 4.84. The molecule has 1 aromatic carbocycles. The largest absolute Gasteiger partial charge is 0.478 e. The maximum Gasteiger partial charge on any atom is 0.336 e. The predicted octanol–water partition coefficient (Wildman–Crippen LogP) is 5.28. The van der Waals surface area contributed by atoms with Crippen molar-refractivity contribution >= 4 is 51.4 Å². The summed E-state index contributed by atoms with van der Waals surface area (Å²) in [6, 6.07) is 6.71. The Balaban J connectivity index is 2.43. The second-order valence-corrected chi connectivity index (χ2v) is 6.28. The lowest BCUT2D eigenvalue weighted by atomic mass is 10.1. The molecule has 3 nitrogen and oxygen atoms in total. The first-order valence-corrected chi connectivity index (χ1v) is 7.69. The van der Waals surface area contributed by atoms with Crippen molar-refractivity contribution in [1.82, 2.24) is 4.98 Å². The predicted molar refractivity (Wildman–Crippen MR) is 86.8 cm³/mol. The standard InChI is InChI=1S/C15H9Cl2NO2S/c1-7-4-5-21-14(7)11-6-8(15(19)20)12-9(16)2-3-10(17)13(12)18-11/h2-6H,1H3,(H,19,20). The van der Waals surface area contributed by atoms with E-state index in [1.807, 2.05) is 18.4 Å². The minimum Gasteiger partial charge on any atom is -0.478 e. The Hall–Kier alpha value is -1.62. The molecule has 2 aromatic heterocycles. The SMILES string of the molecule is Cc1ccsc1-c1cc(C(=O)O)c2c(Cl)ccc(Cl)c2n1. The molecule has 21 heavy (non-hydrogen) atoms. The highest BCUT2D eigenvalue weighted by Gasteiger charge is 2.18. The van der Waals surface area contributed by atoms with Crippen LogP contribution in [0, 0.1) is 6.92 Å². The zero-order valence-corrected chi connectivity index (χ0v) is 13.2. The topological polar surface area (TPSA) is 50.2 Å². The third kappa shape index (κ3) is 2.39. The molecule has 0 radical (unpaired) electrons. The monoisotopic (exact) mass is 337 g/mol. The first-order valence-electron chi connectivity index (χ1n) is 6.05. The number of aromatic carboxylic acids is 1. The van der Waals surface area contributed by atoms with E-state index in [9.17, 15) is 9.90 Å². The molecular weight excluding hydrogens is 329 g/mol. The Bertz CT molecular complexity index is 873. The highest BCUT2D eigenvalue weighted by Crippen LogP contribution is 2.36. The number of carbonyl (C=O) groups is 1. The second-order valence-electron chi connectivity index (χ2n) is 4.55. The summed E-state index contributed by atoms with van der Waals surface area (Å²) in [6.07, 6.45) is 0. The fourth-order valence-corrected chi connectivity index (χ4v) is 3.53. The summed E-state index contributed by atoms with van der Waals surface area (Å²) in [5.41, 5.74) is 2.15. The van der Waals surface area contributed by atoms with Gasteiger partial charge in [-0.25, -0.2) is 9.78 Å². The van der Waals surface area contributed by atoms with Crippen LogP contribution in [0.5, 0.6) is 0 Å². The highest BCUT2D eigenvalue weighted by molar-refractivity contribution is 7.13. The number of benzene rings is 1. The van der Waals surface area contributed by atoms with E-state index in [1.165, 1.54) is 11.3 Å². The molecule has 0 bridgehead atoms. The molecule has 0 amide bonds. The van der Waals surface area contributed by atoms with Gasteiger partial charge in [-0.2, -0.15) is 0 Å². The number of hydrogen-bond acceptors (Lipinski definition) is 3. The fraction of sp³-hybridized carbons (Fsp3) is 0.0667. The van der Waals surface area contributed by atoms with E-state index in [2.05, 4.69) is 4.98 Å². The Labute approximate surface area is 134 Å². The number of hydrogen-bond donors (Lipinski definition) is 1. The van der Waals surface area contributed by atoms with Gasteiger partial charge in [-0.15, -0.1) is 11.3 Å². The van der Waals surface area contributed by atoms with Crippen molar-refractivity contribution in [3.63, 3.8) is 0 Å². The van der Waals surface area contributed by atoms with Crippen LogP contribution < -0.4 is 0 Å². The van der Waals surface area contributed by atoms with Crippen molar-refractivity contribution in [2.24, 2.45) is 0 Å². The van der Waals surface area contributed by atoms with Gasteiger partial charge in [0.05, 0.1) is 31.7 Å². The van der Waals surface area contributed by atoms with Gasteiger partial charge in [0.15, 0.2) is 0 Å². The molecule has 0 aliphatic carbocycles. The lowest BCUT2D eigenvalue weighted by molar-refractivity contribution is 0.0699. The van der Waals surface area contributed by atoms with Crippen LogP contribution in [0.3, 0.4) is 0 Å². The van der Waals surface area contributed by atoms with Crippen molar-refractivity contribution in [3.8, 4) is 10.6 Å². The number of aryl methyl sites for hydroxylation is 1. The van der Waals surface area contributed by atoms with Crippen LogP contribution in [0.4, 0.5) is 0 Å². The quantitative estimate of drug-likeness (QED) is 0.692. The molecule has 2 heterocycles. The molecule has 0 saturated heterocycles. The first-order chi connectivity index (χ1) is 9.99. The maximum atomic E-state index is 11.6. The van der Waals surface area contributed by atoms with Gasteiger partial charge >= 0.3 is 5.97 Å². The van der Waals surface area contributed by atoms with Crippen molar-refractivity contribution in [2.75, 3.05) is 0 Å². The summed E-state index contributed by atoms with van der Waals surface area (Å²) >= 11 is 13.8. The number of fused-ring (bicyclic) bond motifs is 1. The molecule has 0 spiro atoms. The Morgan fingerprint density at radius 2 is 1.95 bits per heavy atom. The van der Waals surface area contributed by atoms with E-state index in [0.29, 0.717) is 26.6 Å². The summed E-state index contributed by atoms with van der Waals surface area (Å²) in [7, 11) is 0. The van der Waals surface area contributed by atoms with E-state index in [-0.39, 0.29) is 5.56 Å². The zero-order valence-electron chi connectivity index (χ0n) is 10.9. The normalized spacial score (nSPS) is 11.0. The molecule has 106 valence electrons. The van der Waals surface area contributed by atoms with Crippen LogP contribution in [0.1, 0.15) is 15.9 Å². The molecule has 3 rings (SSSR count). The van der Waals surface area contributed by atoms with Gasteiger partial charge in [-0.1, -0.05) is 23.2 Å². The lowest BCUT2D eigenvalue weighted by Gasteiger charge is -2.09. The van der Waals surface area contributed by atoms with Gasteiger partial charge in [0.2, 0.25) is 0 Å². The van der Waals surface area contributed by atoms with Crippen LogP contribution in [0.15, 0.2) is 29.6 Å². The summed E-state index contributed by atoms with van der Waals surface area (Å²) in [5.74, 6) is -1.05. The zero-order chi connectivity index (χ0) is 15.1. The summed E-state index contributed by atoms with van der Waals surface area (Å²) in [6.45, 7) is 1.96. The van der Waals surface area contributed by atoms with Crippen molar-refractivity contribution in [2.45, 2.75) is 6.92 Å². The summed E-state index contributed by atoms with van der Waals surface area (Å²) in [5, 5.41) is 12.5. The number of pyridine rings is 1. The van der Waals surface area contributed by atoms with Gasteiger partial charge in [-0.05, 0) is 42.1 Å². The number of carboxylic acids is 1. The van der Waals surface area contributed by atoms with Crippen molar-refractivity contribution < 1.29 is 9.90 Å². The molecule has 0 saturated carbocycles. The van der Waals surface area contributed by atoms with Crippen LogP contribution in [0.2, 0.25) is 10.0 Å². The van der Waals surface area contributed by atoms with Gasteiger partial charge < -0.3 is 5.11 Å². The van der Waals surface area contributed by atoms with Gasteiger partial charge in [0, 0.05) is 5.39 Å². The maximum absolute atomic E-state index is 11.6. The number of carboxylic acid groups (broad SMARTS) is 1. The van der Waals surface area contributed by atoms with E-state index in [0.717, 1.165) is 10.4 Å². The Kier molecular flexibility index (Phi) is 3.61. The van der Waals surface area contributed by atoms with Gasteiger partial charge in [-0.3, -0.25) is 0 Å². The highest BCUT2D eigenvalue weighted by atomic mass is 35.5. The number of rotatable bonds is 2. The van der Waals surface area contributed by atoms with Crippen LogP contribution in [-0.2, 0) is 0 Å². The van der Waals surface area contributed by atoms with Crippen molar-refractivity contribution in [1.29, 1.82) is 0 Å². The Morgan fingerprint density at radius 3 is 2.57 bits per heavy atom. The molecule has 0 aliphatic heterocycles. The number of thiophene rings is 1. The second kappa shape index (κ2) is 5.30. The fourth-order valence-electron chi connectivity index (χ4n) is 2.19. The molecule has 0 unspecified atom stereocenters. The van der Waals surface area contributed by atoms with Crippen LogP contribution in [-0.4, -0.2) is 16.1 Å². The molecule has 0 aliphatic rings. The summed E-state index contributed by atoms with van der Waals surface area (Å²) in [4.78, 5) is 17.0. The summed E-state index contributed by atoms with van der Waals surface area (Å²) < 4.78 is 0. The molecule has 6 heteroatoms. The lowest BCUT2D eigenvalue weighted by Crippen LogP contribution is -2.01. The number of aromatic nitrogens is 1. The van der Waals surface area contributed by atoms with Gasteiger partial charge in [0.25, 0.3) is 0 Å². The molecule has 3 aromatic rings. The molecule has 0 atom stereocenters. The molecule has 1 N–H and O–H groups in total. The van der Waals surface area contributed by atoms with E-state index in [4.69, 9.17) is 23.2 Å². The van der Waals surface area contributed by atoms with E-state index >= 15 is 0 Å². The van der Waals surface area contributed by atoms with E-state index < -0.39 is 5.97 Å². The third-order valence-electron chi connectivity index (χ3n) is 3.19. The van der Waals surface area contributed by atoms with Crippen molar-refractivity contribution in [3.05, 3.63) is 50.8 Å². The molecule has 0 fully saturated rings. The number of halogens is 2. The first kappa shape index (κ1) is 14.3. The van der Waals surface area contributed by atoms with Crippen LogP contribution >= 0.6 is 34.5 Å². The average molecular weight is 338 g/mol. The smallest absolute Gasteiger partial charge is 0.336 e.